The summed E-state index contributed by atoms with van der Waals surface area (Å²) in [6, 6.07) is 4.32. The molecule has 4 aliphatic rings. The van der Waals surface area contributed by atoms with E-state index < -0.39 is 26.7 Å². The van der Waals surface area contributed by atoms with E-state index in [9.17, 15) is 26.4 Å². The molecule has 1 N–H and O–H groups in total. The Labute approximate surface area is 199 Å². The summed E-state index contributed by atoms with van der Waals surface area (Å²) < 4.78 is 67.2. The Morgan fingerprint density at radius 2 is 1.76 bits per heavy atom. The molecule has 1 aliphatic heterocycles. The number of nitrogens with zero attached hydrogens (tertiary/aromatic N) is 1. The minimum atomic E-state index is -4.74. The van der Waals surface area contributed by atoms with E-state index in [0.717, 1.165) is 28.8 Å². The molecular weight excluding hydrogens is 465 g/mol. The zero-order valence-corrected chi connectivity index (χ0v) is 20.4. The van der Waals surface area contributed by atoms with Gasteiger partial charge in [-0.1, -0.05) is 12.1 Å². The molecule has 4 unspecified atom stereocenters. The van der Waals surface area contributed by atoms with Crippen LogP contribution in [0.5, 0.6) is 0 Å². The first-order valence-electron chi connectivity index (χ1n) is 12.4. The lowest BCUT2D eigenvalue weighted by Crippen LogP contribution is -2.54. The highest BCUT2D eigenvalue weighted by Gasteiger charge is 2.61. The van der Waals surface area contributed by atoms with Crippen molar-refractivity contribution < 1.29 is 26.4 Å². The molecule has 1 heterocycles. The molecule has 5 nitrogen and oxygen atoms in total. The third kappa shape index (κ3) is 4.06. The number of carbonyl (C=O) groups is 1. The maximum Gasteiger partial charge on any atom is 0.417 e. The van der Waals surface area contributed by atoms with Gasteiger partial charge < -0.3 is 5.32 Å². The maximum atomic E-state index is 13.4. The van der Waals surface area contributed by atoms with Crippen LogP contribution < -0.4 is 5.32 Å². The van der Waals surface area contributed by atoms with Crippen molar-refractivity contribution in [2.24, 2.45) is 23.2 Å². The van der Waals surface area contributed by atoms with Crippen molar-refractivity contribution in [3.63, 3.8) is 0 Å². The molecule has 3 saturated carbocycles. The highest BCUT2D eigenvalue weighted by Crippen LogP contribution is 2.65. The van der Waals surface area contributed by atoms with Crippen LogP contribution in [0.1, 0.15) is 70.3 Å². The molecule has 5 rings (SSSR count). The molecule has 3 bridgehead atoms. The molecule has 3 aliphatic carbocycles. The lowest BCUT2D eigenvalue weighted by atomic mass is 9.69. The number of halogens is 3. The summed E-state index contributed by atoms with van der Waals surface area (Å²) in [6.07, 6.45) is 3.77. The van der Waals surface area contributed by atoms with Gasteiger partial charge in [0.2, 0.25) is 15.9 Å². The molecule has 1 spiro atoms. The van der Waals surface area contributed by atoms with Gasteiger partial charge in [-0.05, 0) is 93.6 Å². The number of benzene rings is 1. The molecule has 1 aromatic carbocycles. The largest absolute Gasteiger partial charge is 0.417 e. The van der Waals surface area contributed by atoms with Crippen LogP contribution in [0.25, 0.3) is 0 Å². The zero-order chi connectivity index (χ0) is 24.4. The number of nitrogens with one attached hydrogen (secondary N) is 1. The van der Waals surface area contributed by atoms with Crippen LogP contribution in [0.4, 0.5) is 13.2 Å². The first kappa shape index (κ1) is 24.1. The van der Waals surface area contributed by atoms with Gasteiger partial charge in [0.15, 0.2) is 0 Å². The van der Waals surface area contributed by atoms with E-state index in [2.05, 4.69) is 12.2 Å². The molecule has 188 valence electrons. The fourth-order valence-corrected chi connectivity index (χ4v) is 9.31. The zero-order valence-electron chi connectivity index (χ0n) is 19.5. The van der Waals surface area contributed by atoms with Crippen LogP contribution in [0.3, 0.4) is 0 Å². The number of amides is 1. The highest BCUT2D eigenvalue weighted by atomic mass is 32.2. The molecule has 34 heavy (non-hydrogen) atoms. The number of piperidine rings is 1. The molecule has 1 aromatic rings. The first-order chi connectivity index (χ1) is 15.9. The van der Waals surface area contributed by atoms with Crippen LogP contribution in [0, 0.1) is 23.2 Å². The van der Waals surface area contributed by atoms with Crippen LogP contribution >= 0.6 is 0 Å². The maximum absolute atomic E-state index is 13.4. The summed E-state index contributed by atoms with van der Waals surface area (Å²) in [4.78, 5) is 12.3. The van der Waals surface area contributed by atoms with Crippen LogP contribution in [0.15, 0.2) is 29.2 Å². The standard InChI is InChI=1S/C25H33F3N2O3S/c1-23(14-19-12-18-6-9-24(23,15-18)16-19)29-22(31)13-17-7-10-30(11-8-17)34(32,33)21-5-3-2-4-20(21)25(26,27)28/h2-5,17-19H,6-16H2,1H3,(H,29,31). The number of sulfonamides is 1. The van der Waals surface area contributed by atoms with Crippen LogP contribution in [0.2, 0.25) is 0 Å². The molecular formula is C25H33F3N2O3S. The molecule has 9 heteroatoms. The summed E-state index contributed by atoms with van der Waals surface area (Å²) in [5.41, 5.74) is -1.06. The van der Waals surface area contributed by atoms with Crippen molar-refractivity contribution in [1.29, 1.82) is 0 Å². The van der Waals surface area contributed by atoms with E-state index in [1.807, 2.05) is 0 Å². The van der Waals surface area contributed by atoms with Gasteiger partial charge in [0.25, 0.3) is 0 Å². The highest BCUT2D eigenvalue weighted by molar-refractivity contribution is 7.89. The molecule has 1 amide bonds. The molecule has 1 saturated heterocycles. The fraction of sp³-hybridized carbons (Fsp3) is 0.720. The predicted octanol–water partition coefficient (Wildman–Crippen LogP) is 4.97. The van der Waals surface area contributed by atoms with Crippen molar-refractivity contribution in [3.05, 3.63) is 29.8 Å². The van der Waals surface area contributed by atoms with Crippen LogP contribution in [-0.4, -0.2) is 37.3 Å². The van der Waals surface area contributed by atoms with E-state index >= 15 is 0 Å². The fourth-order valence-electron chi connectivity index (χ4n) is 7.63. The average molecular weight is 499 g/mol. The SMILES string of the molecule is CC1(NC(=O)CC2CCN(S(=O)(=O)c3ccccc3C(F)(F)F)CC2)CC2CC3CCC1(C3)C2. The van der Waals surface area contributed by atoms with Crippen molar-refractivity contribution in [2.75, 3.05) is 13.1 Å². The average Bonchev–Trinajstić information content (AvgIpc) is 3.18. The Kier molecular flexibility index (Phi) is 5.83. The van der Waals surface area contributed by atoms with E-state index in [4.69, 9.17) is 0 Å². The molecule has 0 radical (unpaired) electrons. The van der Waals surface area contributed by atoms with Crippen molar-refractivity contribution in [2.45, 2.75) is 81.3 Å². The smallest absolute Gasteiger partial charge is 0.350 e. The second-order valence-corrected chi connectivity index (χ2v) is 13.2. The summed E-state index contributed by atoms with van der Waals surface area (Å²) in [5, 5.41) is 3.39. The Balaban J connectivity index is 1.20. The van der Waals surface area contributed by atoms with Gasteiger partial charge in [-0.25, -0.2) is 8.42 Å². The van der Waals surface area contributed by atoms with Gasteiger partial charge in [-0.3, -0.25) is 4.79 Å². The van der Waals surface area contributed by atoms with E-state index in [1.54, 1.807) is 0 Å². The number of hydrogen-bond acceptors (Lipinski definition) is 3. The first-order valence-corrected chi connectivity index (χ1v) is 13.8. The number of fused-ring (bicyclic) bond motifs is 2. The predicted molar refractivity (Wildman–Crippen MR) is 121 cm³/mol. The van der Waals surface area contributed by atoms with Crippen molar-refractivity contribution in [3.8, 4) is 0 Å². The molecule has 4 atom stereocenters. The third-order valence-corrected chi connectivity index (χ3v) is 11.2. The summed E-state index contributed by atoms with van der Waals surface area (Å²) in [5.74, 6) is 1.57. The van der Waals surface area contributed by atoms with Gasteiger partial charge in [0.1, 0.15) is 0 Å². The van der Waals surface area contributed by atoms with E-state index in [1.165, 1.54) is 44.2 Å². The number of rotatable bonds is 5. The number of carbonyl (C=O) groups excluding carboxylic acids is 1. The third-order valence-electron chi connectivity index (χ3n) is 9.20. The van der Waals surface area contributed by atoms with Crippen molar-refractivity contribution >= 4 is 15.9 Å². The van der Waals surface area contributed by atoms with E-state index in [-0.39, 0.29) is 35.9 Å². The Hall–Kier alpha value is -1.61. The Bertz CT molecular complexity index is 1060. The van der Waals surface area contributed by atoms with Gasteiger partial charge in [0.05, 0.1) is 10.5 Å². The topological polar surface area (TPSA) is 66.5 Å². The molecule has 0 aromatic heterocycles. The Morgan fingerprint density at radius 1 is 1.09 bits per heavy atom. The molecule has 4 fully saturated rings. The summed E-state index contributed by atoms with van der Waals surface area (Å²) >= 11 is 0. The normalized spacial score (nSPS) is 34.4. The van der Waals surface area contributed by atoms with E-state index in [0.29, 0.717) is 25.2 Å². The lowest BCUT2D eigenvalue weighted by molar-refractivity contribution is -0.140. The quantitative estimate of drug-likeness (QED) is 0.623. The van der Waals surface area contributed by atoms with Crippen molar-refractivity contribution in [1.82, 2.24) is 9.62 Å². The minimum Gasteiger partial charge on any atom is -0.350 e. The second kappa shape index (κ2) is 8.22. The van der Waals surface area contributed by atoms with Gasteiger partial charge in [-0.15, -0.1) is 0 Å². The number of alkyl halides is 3. The minimum absolute atomic E-state index is 0.0246. The van der Waals surface area contributed by atoms with Gasteiger partial charge in [-0.2, -0.15) is 17.5 Å². The van der Waals surface area contributed by atoms with Gasteiger partial charge >= 0.3 is 6.18 Å². The number of hydrogen-bond donors (Lipinski definition) is 1. The summed E-state index contributed by atoms with van der Waals surface area (Å²) in [6.45, 7) is 2.46. The lowest BCUT2D eigenvalue weighted by Gasteiger charge is -2.43. The van der Waals surface area contributed by atoms with Gasteiger partial charge in [0, 0.05) is 25.0 Å². The second-order valence-electron chi connectivity index (χ2n) is 11.3. The summed E-state index contributed by atoms with van der Waals surface area (Å²) in [7, 11) is -4.26. The van der Waals surface area contributed by atoms with Crippen LogP contribution in [-0.2, 0) is 21.0 Å². The monoisotopic (exact) mass is 498 g/mol. The Morgan fingerprint density at radius 3 is 2.47 bits per heavy atom.